The van der Waals surface area contributed by atoms with Gasteiger partial charge in [0.05, 0.1) is 6.04 Å². The summed E-state index contributed by atoms with van der Waals surface area (Å²) in [6.45, 7) is 0. The standard InChI is InChI=1S/C7H12N2O/c8-7-9-5-3-1-2-4-6(5)10-7/h5-6H,1-4H2,(H2,8,9)/t5-,6+/m1/s1. The van der Waals surface area contributed by atoms with Gasteiger partial charge < -0.3 is 10.5 Å². The number of ether oxygens (including phenoxy) is 1. The van der Waals surface area contributed by atoms with E-state index in [9.17, 15) is 0 Å². The van der Waals surface area contributed by atoms with Gasteiger partial charge in [0, 0.05) is 0 Å². The van der Waals surface area contributed by atoms with Gasteiger partial charge in [-0.05, 0) is 19.3 Å². The first-order valence-corrected chi connectivity index (χ1v) is 3.86. The van der Waals surface area contributed by atoms with E-state index in [0.29, 0.717) is 18.2 Å². The Morgan fingerprint density at radius 1 is 1.40 bits per heavy atom. The van der Waals surface area contributed by atoms with Gasteiger partial charge in [-0.15, -0.1) is 0 Å². The number of aliphatic imine (C=N–C) groups is 1. The normalized spacial score (nSPS) is 38.2. The second-order valence-corrected chi connectivity index (χ2v) is 2.98. The monoisotopic (exact) mass is 140 g/mol. The molecule has 0 aromatic heterocycles. The van der Waals surface area contributed by atoms with E-state index in [4.69, 9.17) is 10.5 Å². The second kappa shape index (κ2) is 2.15. The summed E-state index contributed by atoms with van der Waals surface area (Å²) < 4.78 is 5.29. The van der Waals surface area contributed by atoms with Crippen LogP contribution in [0, 0.1) is 0 Å². The molecule has 2 rings (SSSR count). The van der Waals surface area contributed by atoms with Crippen molar-refractivity contribution in [2.24, 2.45) is 10.7 Å². The van der Waals surface area contributed by atoms with Crippen molar-refractivity contribution in [1.29, 1.82) is 0 Å². The first kappa shape index (κ1) is 6.01. The summed E-state index contributed by atoms with van der Waals surface area (Å²) in [6, 6.07) is 0.783. The Morgan fingerprint density at radius 3 is 3.00 bits per heavy atom. The molecule has 0 aromatic carbocycles. The molecule has 2 atom stereocenters. The molecule has 0 saturated heterocycles. The molecule has 1 heterocycles. The van der Waals surface area contributed by atoms with Crippen molar-refractivity contribution >= 4 is 6.02 Å². The van der Waals surface area contributed by atoms with Crippen molar-refractivity contribution in [3.63, 3.8) is 0 Å². The van der Waals surface area contributed by atoms with E-state index in [1.807, 2.05) is 0 Å². The average molecular weight is 140 g/mol. The van der Waals surface area contributed by atoms with Crippen LogP contribution in [0.1, 0.15) is 25.7 Å². The van der Waals surface area contributed by atoms with Crippen molar-refractivity contribution in [2.75, 3.05) is 0 Å². The van der Waals surface area contributed by atoms with Crippen molar-refractivity contribution in [2.45, 2.75) is 37.8 Å². The third kappa shape index (κ3) is 0.856. The average Bonchev–Trinajstić information content (AvgIpc) is 2.27. The highest BCUT2D eigenvalue weighted by atomic mass is 16.5. The van der Waals surface area contributed by atoms with Crippen LogP contribution in [-0.4, -0.2) is 18.2 Å². The molecule has 0 aromatic rings. The molecule has 0 bridgehead atoms. The van der Waals surface area contributed by atoms with Crippen LogP contribution in [0.15, 0.2) is 4.99 Å². The number of hydrogen-bond donors (Lipinski definition) is 1. The van der Waals surface area contributed by atoms with Gasteiger partial charge in [0.25, 0.3) is 6.02 Å². The minimum Gasteiger partial charge on any atom is -0.460 e. The molecule has 2 N–H and O–H groups in total. The predicted molar refractivity (Wildman–Crippen MR) is 38.8 cm³/mol. The van der Waals surface area contributed by atoms with Gasteiger partial charge in [-0.1, -0.05) is 6.42 Å². The second-order valence-electron chi connectivity index (χ2n) is 2.98. The molecule has 2 aliphatic rings. The van der Waals surface area contributed by atoms with Crippen molar-refractivity contribution < 1.29 is 4.74 Å². The summed E-state index contributed by atoms with van der Waals surface area (Å²) in [5.74, 6) is 0. The smallest absolute Gasteiger partial charge is 0.282 e. The predicted octanol–water partition coefficient (Wildman–Crippen LogP) is 0.642. The fourth-order valence-electron chi connectivity index (χ4n) is 1.71. The molecule has 1 saturated carbocycles. The van der Waals surface area contributed by atoms with Crippen LogP contribution in [0.4, 0.5) is 0 Å². The van der Waals surface area contributed by atoms with Crippen LogP contribution >= 0.6 is 0 Å². The first-order valence-electron chi connectivity index (χ1n) is 3.86. The summed E-state index contributed by atoms with van der Waals surface area (Å²) in [6.07, 6.45) is 5.15. The van der Waals surface area contributed by atoms with Crippen LogP contribution in [0.5, 0.6) is 0 Å². The van der Waals surface area contributed by atoms with E-state index in [0.717, 1.165) is 12.8 Å². The fourth-order valence-corrected chi connectivity index (χ4v) is 1.71. The van der Waals surface area contributed by atoms with E-state index >= 15 is 0 Å². The molecule has 1 aliphatic carbocycles. The van der Waals surface area contributed by atoms with Crippen LogP contribution in [0.3, 0.4) is 0 Å². The summed E-state index contributed by atoms with van der Waals surface area (Å²) in [5.41, 5.74) is 5.42. The molecule has 1 aliphatic heterocycles. The van der Waals surface area contributed by atoms with Gasteiger partial charge in [0.15, 0.2) is 0 Å². The molecule has 0 unspecified atom stereocenters. The molecule has 10 heavy (non-hydrogen) atoms. The summed E-state index contributed by atoms with van der Waals surface area (Å²) in [4.78, 5) is 4.18. The number of nitrogens with two attached hydrogens (primary N) is 1. The maximum Gasteiger partial charge on any atom is 0.282 e. The number of hydrogen-bond acceptors (Lipinski definition) is 3. The zero-order valence-electron chi connectivity index (χ0n) is 5.92. The van der Waals surface area contributed by atoms with Gasteiger partial charge in [-0.25, -0.2) is 4.99 Å². The Bertz CT molecular complexity index is 167. The van der Waals surface area contributed by atoms with Gasteiger partial charge in [-0.3, -0.25) is 0 Å². The molecule has 0 spiro atoms. The number of fused-ring (bicyclic) bond motifs is 1. The lowest BCUT2D eigenvalue weighted by Gasteiger charge is -2.21. The van der Waals surface area contributed by atoms with E-state index in [1.165, 1.54) is 12.8 Å². The quantitative estimate of drug-likeness (QED) is 0.536. The zero-order valence-corrected chi connectivity index (χ0v) is 5.92. The lowest BCUT2D eigenvalue weighted by atomic mass is 9.94. The lowest BCUT2D eigenvalue weighted by Crippen LogP contribution is -2.26. The first-order chi connectivity index (χ1) is 4.86. The summed E-state index contributed by atoms with van der Waals surface area (Å²) in [7, 11) is 0. The summed E-state index contributed by atoms with van der Waals surface area (Å²) in [5, 5.41) is 0. The minimum atomic E-state index is 0.314. The Balaban J connectivity index is 2.06. The third-order valence-corrected chi connectivity index (χ3v) is 2.23. The van der Waals surface area contributed by atoms with Gasteiger partial charge in [-0.2, -0.15) is 0 Å². The Labute approximate surface area is 60.3 Å². The van der Waals surface area contributed by atoms with E-state index in [-0.39, 0.29) is 0 Å². The molecular weight excluding hydrogens is 128 g/mol. The van der Waals surface area contributed by atoms with E-state index < -0.39 is 0 Å². The topological polar surface area (TPSA) is 47.6 Å². The highest BCUT2D eigenvalue weighted by Gasteiger charge is 2.31. The zero-order chi connectivity index (χ0) is 6.97. The maximum absolute atomic E-state index is 5.42. The van der Waals surface area contributed by atoms with Crippen LogP contribution in [0.25, 0.3) is 0 Å². The molecule has 0 amide bonds. The Hall–Kier alpha value is -0.730. The van der Waals surface area contributed by atoms with Crippen LogP contribution in [-0.2, 0) is 4.74 Å². The molecule has 3 nitrogen and oxygen atoms in total. The number of amidine groups is 1. The lowest BCUT2D eigenvalue weighted by molar-refractivity contribution is 0.151. The third-order valence-electron chi connectivity index (χ3n) is 2.23. The summed E-state index contributed by atoms with van der Waals surface area (Å²) >= 11 is 0. The molecular formula is C7H12N2O. The van der Waals surface area contributed by atoms with Crippen LogP contribution in [0.2, 0.25) is 0 Å². The molecule has 3 heteroatoms. The van der Waals surface area contributed by atoms with Crippen molar-refractivity contribution in [1.82, 2.24) is 0 Å². The highest BCUT2D eigenvalue weighted by molar-refractivity contribution is 5.73. The van der Waals surface area contributed by atoms with Crippen LogP contribution < -0.4 is 5.73 Å². The van der Waals surface area contributed by atoms with Gasteiger partial charge in [0.1, 0.15) is 6.10 Å². The van der Waals surface area contributed by atoms with Gasteiger partial charge >= 0.3 is 0 Å². The van der Waals surface area contributed by atoms with E-state index in [1.54, 1.807) is 0 Å². The maximum atomic E-state index is 5.42. The fraction of sp³-hybridized carbons (Fsp3) is 0.857. The minimum absolute atomic E-state index is 0.314. The largest absolute Gasteiger partial charge is 0.460 e. The Morgan fingerprint density at radius 2 is 2.20 bits per heavy atom. The number of rotatable bonds is 0. The van der Waals surface area contributed by atoms with E-state index in [2.05, 4.69) is 4.99 Å². The number of nitrogens with zero attached hydrogens (tertiary/aromatic N) is 1. The SMILES string of the molecule is NC1=N[C@@H]2CCCC[C@@H]2O1. The Kier molecular flexibility index (Phi) is 1.29. The van der Waals surface area contributed by atoms with Crippen molar-refractivity contribution in [3.05, 3.63) is 0 Å². The molecule has 0 radical (unpaired) electrons. The highest BCUT2D eigenvalue weighted by Crippen LogP contribution is 2.27. The molecule has 1 fully saturated rings. The van der Waals surface area contributed by atoms with Crippen molar-refractivity contribution in [3.8, 4) is 0 Å². The molecule has 56 valence electrons. The van der Waals surface area contributed by atoms with Gasteiger partial charge in [0.2, 0.25) is 0 Å².